The molecule has 0 spiro atoms. The van der Waals surface area contributed by atoms with E-state index in [9.17, 15) is 9.59 Å². The number of carbonyl (C=O) groups is 2. The number of hydrogen-bond donors (Lipinski definition) is 2. The molecule has 3 rings (SSSR count). The monoisotopic (exact) mass is 284 g/mol. The Morgan fingerprint density at radius 3 is 2.05 bits per heavy atom. The molecule has 1 atom stereocenters. The third-order valence-corrected chi connectivity index (χ3v) is 4.30. The van der Waals surface area contributed by atoms with Crippen molar-refractivity contribution in [2.24, 2.45) is 5.92 Å². The van der Waals surface area contributed by atoms with Crippen LogP contribution in [0.15, 0.2) is 0 Å². The molecule has 0 radical (unpaired) electrons. The van der Waals surface area contributed by atoms with Crippen molar-refractivity contribution < 1.29 is 19.1 Å². The minimum atomic E-state index is -0.502. The van der Waals surface area contributed by atoms with E-state index in [-0.39, 0.29) is 23.1 Å². The fraction of sp³-hybridized carbons (Fsp3) is 0.857. The molecule has 2 N–H and O–H groups in total. The van der Waals surface area contributed by atoms with Crippen LogP contribution < -0.4 is 10.6 Å². The molecule has 2 amide bonds. The van der Waals surface area contributed by atoms with Crippen molar-refractivity contribution in [1.29, 1.82) is 0 Å². The van der Waals surface area contributed by atoms with Crippen LogP contribution in [0.3, 0.4) is 0 Å². The van der Waals surface area contributed by atoms with Gasteiger partial charge in [0.25, 0.3) is 0 Å². The Morgan fingerprint density at radius 1 is 1.15 bits per heavy atom. The lowest BCUT2D eigenvalue weighted by Gasteiger charge is -2.74. The number of amides is 2. The van der Waals surface area contributed by atoms with Gasteiger partial charge in [0.1, 0.15) is 5.60 Å². The minimum Gasteiger partial charge on any atom is -0.450 e. The molecular formula is C14H24N2O4. The summed E-state index contributed by atoms with van der Waals surface area (Å²) in [6.07, 6.45) is 0.692. The maximum atomic E-state index is 11.8. The maximum Gasteiger partial charge on any atom is 0.408 e. The number of rotatable bonds is 3. The summed E-state index contributed by atoms with van der Waals surface area (Å²) in [6.45, 7) is 9.66. The average Bonchev–Trinajstić information content (AvgIpc) is 2.24. The van der Waals surface area contributed by atoms with Gasteiger partial charge in [-0.2, -0.15) is 0 Å². The van der Waals surface area contributed by atoms with E-state index in [4.69, 9.17) is 9.47 Å². The van der Waals surface area contributed by atoms with Gasteiger partial charge in [0.2, 0.25) is 0 Å². The quantitative estimate of drug-likeness (QED) is 0.832. The lowest BCUT2D eigenvalue weighted by atomic mass is 9.37. The van der Waals surface area contributed by atoms with Crippen LogP contribution >= 0.6 is 0 Å². The highest BCUT2D eigenvalue weighted by molar-refractivity contribution is 5.73. The highest BCUT2D eigenvalue weighted by Gasteiger charge is 2.75. The predicted octanol–water partition coefficient (Wildman–Crippen LogP) is 2.18. The van der Waals surface area contributed by atoms with Gasteiger partial charge in [0, 0.05) is 5.92 Å². The molecule has 6 heteroatoms. The van der Waals surface area contributed by atoms with Crippen LogP contribution in [-0.2, 0) is 9.47 Å². The molecule has 20 heavy (non-hydrogen) atoms. The van der Waals surface area contributed by atoms with E-state index < -0.39 is 11.7 Å². The van der Waals surface area contributed by atoms with E-state index in [1.54, 1.807) is 6.92 Å². The number of ether oxygens (including phenoxy) is 2. The third kappa shape index (κ3) is 2.43. The van der Waals surface area contributed by atoms with Crippen LogP contribution in [-0.4, -0.2) is 35.5 Å². The van der Waals surface area contributed by atoms with Crippen LogP contribution in [0.25, 0.3) is 0 Å². The number of alkyl carbamates (subject to hydrolysis) is 2. The van der Waals surface area contributed by atoms with Crippen LogP contribution in [0.5, 0.6) is 0 Å². The normalized spacial score (nSPS) is 34.4. The second-order valence-electron chi connectivity index (χ2n) is 6.86. The molecule has 2 bridgehead atoms. The van der Waals surface area contributed by atoms with Crippen molar-refractivity contribution in [2.45, 2.75) is 64.1 Å². The lowest BCUT2D eigenvalue weighted by Crippen LogP contribution is -2.89. The fourth-order valence-corrected chi connectivity index (χ4v) is 3.22. The van der Waals surface area contributed by atoms with E-state index in [0.29, 0.717) is 6.61 Å². The first kappa shape index (κ1) is 14.9. The summed E-state index contributed by atoms with van der Waals surface area (Å²) < 4.78 is 10.2. The Kier molecular flexibility index (Phi) is 3.38. The average molecular weight is 284 g/mol. The van der Waals surface area contributed by atoms with Crippen molar-refractivity contribution in [3.63, 3.8) is 0 Å². The van der Waals surface area contributed by atoms with Gasteiger partial charge >= 0.3 is 12.2 Å². The molecule has 3 fully saturated rings. The molecule has 114 valence electrons. The molecule has 6 nitrogen and oxygen atoms in total. The smallest absolute Gasteiger partial charge is 0.408 e. The first-order valence-electron chi connectivity index (χ1n) is 7.09. The van der Waals surface area contributed by atoms with Gasteiger partial charge in [-0.15, -0.1) is 0 Å². The van der Waals surface area contributed by atoms with E-state index in [1.807, 2.05) is 27.7 Å². The number of carbonyl (C=O) groups excluding carboxylic acids is 2. The lowest BCUT2D eigenvalue weighted by molar-refractivity contribution is -0.164. The zero-order valence-corrected chi connectivity index (χ0v) is 12.8. The zero-order chi connectivity index (χ0) is 15.2. The summed E-state index contributed by atoms with van der Waals surface area (Å²) >= 11 is 0. The second-order valence-corrected chi connectivity index (χ2v) is 6.86. The summed E-state index contributed by atoms with van der Waals surface area (Å²) in [5, 5.41) is 5.84. The zero-order valence-electron chi connectivity index (χ0n) is 12.8. The topological polar surface area (TPSA) is 76.7 Å². The van der Waals surface area contributed by atoms with Gasteiger partial charge in [-0.05, 0) is 40.5 Å². The van der Waals surface area contributed by atoms with Crippen molar-refractivity contribution in [3.8, 4) is 0 Å². The molecule has 3 aliphatic carbocycles. The Labute approximate surface area is 119 Å². The standard InChI is InChI=1S/C14H24N2O4/c1-6-19-10(17)15-13-7-14(8-13,9(13)2)16-11(18)20-12(3,4)5/h9H,6-8H2,1-5H3,(H,15,17)(H,16,18)/t9-,13?,14?/m0/s1. The van der Waals surface area contributed by atoms with Gasteiger partial charge in [-0.1, -0.05) is 6.92 Å². The summed E-state index contributed by atoms with van der Waals surface area (Å²) in [6, 6.07) is 0. The largest absolute Gasteiger partial charge is 0.450 e. The Balaban J connectivity index is 1.84. The number of hydrogen-bond acceptors (Lipinski definition) is 4. The molecule has 3 saturated carbocycles. The van der Waals surface area contributed by atoms with Crippen LogP contribution in [0.1, 0.15) is 47.5 Å². The molecule has 0 heterocycles. The summed E-state index contributed by atoms with van der Waals surface area (Å²) in [4.78, 5) is 23.3. The van der Waals surface area contributed by atoms with Gasteiger partial charge < -0.3 is 20.1 Å². The fourth-order valence-electron chi connectivity index (χ4n) is 3.22. The van der Waals surface area contributed by atoms with Crippen molar-refractivity contribution in [1.82, 2.24) is 10.6 Å². The van der Waals surface area contributed by atoms with Gasteiger partial charge in [-0.3, -0.25) is 0 Å². The van der Waals surface area contributed by atoms with Crippen molar-refractivity contribution >= 4 is 12.2 Å². The highest BCUT2D eigenvalue weighted by atomic mass is 16.6. The SMILES string of the molecule is CCOC(=O)NC12CC(NC(=O)OC(C)(C)C)(C1)[C@H]2C. The van der Waals surface area contributed by atoms with Crippen molar-refractivity contribution in [3.05, 3.63) is 0 Å². The Morgan fingerprint density at radius 2 is 1.65 bits per heavy atom. The highest BCUT2D eigenvalue weighted by Crippen LogP contribution is 2.64. The molecule has 3 aliphatic rings. The Hall–Kier alpha value is -1.46. The van der Waals surface area contributed by atoms with E-state index >= 15 is 0 Å². The van der Waals surface area contributed by atoms with Gasteiger partial charge in [0.15, 0.2) is 0 Å². The molecular weight excluding hydrogens is 260 g/mol. The molecule has 0 aromatic heterocycles. The van der Waals surface area contributed by atoms with Crippen LogP contribution in [0.4, 0.5) is 9.59 Å². The summed E-state index contributed by atoms with van der Waals surface area (Å²) in [5.74, 6) is 0.187. The van der Waals surface area contributed by atoms with E-state index in [1.165, 1.54) is 0 Å². The number of nitrogens with one attached hydrogen (secondary N) is 2. The molecule has 0 aromatic carbocycles. The molecule has 0 aromatic rings. The maximum absolute atomic E-state index is 11.8. The molecule has 0 saturated heterocycles. The third-order valence-electron chi connectivity index (χ3n) is 4.30. The minimum absolute atomic E-state index is 0.187. The Bertz CT molecular complexity index is 421. The molecule has 0 unspecified atom stereocenters. The van der Waals surface area contributed by atoms with Gasteiger partial charge in [0.05, 0.1) is 17.7 Å². The van der Waals surface area contributed by atoms with E-state index in [2.05, 4.69) is 10.6 Å². The van der Waals surface area contributed by atoms with Crippen LogP contribution in [0.2, 0.25) is 0 Å². The first-order valence-corrected chi connectivity index (χ1v) is 7.09. The van der Waals surface area contributed by atoms with E-state index in [0.717, 1.165) is 12.8 Å². The summed E-state index contributed by atoms with van der Waals surface area (Å²) in [7, 11) is 0. The van der Waals surface area contributed by atoms with Crippen molar-refractivity contribution in [2.75, 3.05) is 6.61 Å². The summed E-state index contributed by atoms with van der Waals surface area (Å²) in [5.41, 5.74) is -0.958. The van der Waals surface area contributed by atoms with Crippen LogP contribution in [0, 0.1) is 5.92 Å². The second kappa shape index (κ2) is 4.53. The van der Waals surface area contributed by atoms with Gasteiger partial charge in [-0.25, -0.2) is 9.59 Å². The first-order chi connectivity index (χ1) is 9.12. The molecule has 0 aliphatic heterocycles. The predicted molar refractivity (Wildman–Crippen MR) is 73.4 cm³/mol.